The zero-order valence-electron chi connectivity index (χ0n) is 19.9. The molecular formula is C29H32N2O2S. The molecule has 2 atom stereocenters. The van der Waals surface area contributed by atoms with Crippen LogP contribution in [-0.2, 0) is 16.0 Å². The summed E-state index contributed by atoms with van der Waals surface area (Å²) in [4.78, 5) is 32.7. The fourth-order valence-corrected chi connectivity index (χ4v) is 6.05. The van der Waals surface area contributed by atoms with Crippen LogP contribution in [0.4, 0.5) is 0 Å². The summed E-state index contributed by atoms with van der Waals surface area (Å²) in [5, 5.41) is 2.13. The van der Waals surface area contributed by atoms with Crippen molar-refractivity contribution < 1.29 is 9.59 Å². The minimum atomic E-state index is -0.202. The quantitative estimate of drug-likeness (QED) is 0.442. The van der Waals surface area contributed by atoms with Gasteiger partial charge in [0.25, 0.3) is 0 Å². The molecule has 1 aromatic heterocycles. The summed E-state index contributed by atoms with van der Waals surface area (Å²) in [5.41, 5.74) is 4.61. The predicted molar refractivity (Wildman–Crippen MR) is 137 cm³/mol. The van der Waals surface area contributed by atoms with E-state index in [-0.39, 0.29) is 36.4 Å². The summed E-state index contributed by atoms with van der Waals surface area (Å²) in [6, 6.07) is 20.8. The Hall–Kier alpha value is -2.92. The third-order valence-corrected chi connectivity index (χ3v) is 8.16. The van der Waals surface area contributed by atoms with Gasteiger partial charge < -0.3 is 9.80 Å². The monoisotopic (exact) mass is 472 g/mol. The van der Waals surface area contributed by atoms with Crippen molar-refractivity contribution in [3.05, 3.63) is 93.2 Å². The third-order valence-electron chi connectivity index (χ3n) is 7.16. The molecule has 0 saturated heterocycles. The zero-order chi connectivity index (χ0) is 23.7. The van der Waals surface area contributed by atoms with Crippen LogP contribution in [0.3, 0.4) is 0 Å². The number of hydrogen-bond donors (Lipinski definition) is 0. The fourth-order valence-electron chi connectivity index (χ4n) is 5.14. The number of carbonyl (C=O) groups is 2. The maximum Gasteiger partial charge on any atom is 0.243 e. The predicted octanol–water partition coefficient (Wildman–Crippen LogP) is 5.72. The minimum Gasteiger partial charge on any atom is -0.330 e. The van der Waals surface area contributed by atoms with Crippen molar-refractivity contribution in [2.24, 2.45) is 0 Å². The number of thiophene rings is 1. The van der Waals surface area contributed by atoms with Crippen LogP contribution >= 0.6 is 11.3 Å². The molecule has 5 rings (SSSR count). The Morgan fingerprint density at radius 3 is 2.47 bits per heavy atom. The van der Waals surface area contributed by atoms with Gasteiger partial charge in [0.15, 0.2) is 0 Å². The lowest BCUT2D eigenvalue weighted by Gasteiger charge is -2.38. The van der Waals surface area contributed by atoms with Crippen molar-refractivity contribution in [2.75, 3.05) is 13.1 Å². The molecule has 2 heterocycles. The highest BCUT2D eigenvalue weighted by Gasteiger charge is 2.39. The van der Waals surface area contributed by atoms with Crippen LogP contribution in [0.2, 0.25) is 0 Å². The van der Waals surface area contributed by atoms with Crippen LogP contribution in [0.5, 0.6) is 0 Å². The van der Waals surface area contributed by atoms with E-state index in [0.29, 0.717) is 6.54 Å². The largest absolute Gasteiger partial charge is 0.330 e. The molecule has 176 valence electrons. The van der Waals surface area contributed by atoms with Gasteiger partial charge in [-0.15, -0.1) is 11.3 Å². The number of hydrogen-bond acceptors (Lipinski definition) is 3. The molecule has 2 unspecified atom stereocenters. The molecule has 1 aliphatic heterocycles. The molecule has 2 aliphatic rings. The molecule has 1 aliphatic carbocycles. The summed E-state index contributed by atoms with van der Waals surface area (Å²) < 4.78 is 0. The first-order valence-corrected chi connectivity index (χ1v) is 13.2. The molecule has 0 bridgehead atoms. The van der Waals surface area contributed by atoms with Crippen LogP contribution in [0.1, 0.15) is 65.3 Å². The first-order chi connectivity index (χ1) is 16.6. The SMILES string of the molecule is CCC(C(=O)N(CC(=O)N1CCc2sccc2C1c1ccc(C)cc1)C1CC1)c1ccccc1. The summed E-state index contributed by atoms with van der Waals surface area (Å²) in [7, 11) is 0. The fraction of sp³-hybridized carbons (Fsp3) is 0.379. The standard InChI is InChI=1S/C29H32N2O2S/c1-3-24(21-7-5-4-6-8-21)29(33)31(23-13-14-23)19-27(32)30-17-15-26-25(16-18-34-26)28(30)22-11-9-20(2)10-12-22/h4-12,16,18,23-24,28H,3,13-15,17,19H2,1-2H3. The molecule has 2 aromatic carbocycles. The number of carbonyl (C=O) groups excluding carboxylic acids is 2. The van der Waals surface area contributed by atoms with Crippen molar-refractivity contribution in [3.63, 3.8) is 0 Å². The second kappa shape index (κ2) is 9.75. The Morgan fingerprint density at radius 1 is 1.06 bits per heavy atom. The Balaban J connectivity index is 1.41. The van der Waals surface area contributed by atoms with Crippen molar-refractivity contribution >= 4 is 23.2 Å². The van der Waals surface area contributed by atoms with Crippen molar-refractivity contribution in [1.29, 1.82) is 0 Å². The van der Waals surface area contributed by atoms with E-state index >= 15 is 0 Å². The maximum atomic E-state index is 13.8. The lowest BCUT2D eigenvalue weighted by molar-refractivity contribution is -0.143. The van der Waals surface area contributed by atoms with E-state index in [4.69, 9.17) is 0 Å². The van der Waals surface area contributed by atoms with Crippen molar-refractivity contribution in [3.8, 4) is 0 Å². The minimum absolute atomic E-state index is 0.0468. The topological polar surface area (TPSA) is 40.6 Å². The number of amides is 2. The van der Waals surface area contributed by atoms with Crippen LogP contribution in [0.15, 0.2) is 66.0 Å². The Labute approximate surface area is 206 Å². The normalized spacial score (nSPS) is 18.3. The Kier molecular flexibility index (Phi) is 6.55. The van der Waals surface area contributed by atoms with Gasteiger partial charge in [0, 0.05) is 17.5 Å². The second-order valence-corrected chi connectivity index (χ2v) is 10.5. The number of nitrogens with zero attached hydrogens (tertiary/aromatic N) is 2. The zero-order valence-corrected chi connectivity index (χ0v) is 20.8. The van der Waals surface area contributed by atoms with E-state index in [1.165, 1.54) is 16.0 Å². The molecule has 5 heteroatoms. The summed E-state index contributed by atoms with van der Waals surface area (Å²) in [6.07, 6.45) is 3.58. The molecule has 0 spiro atoms. The molecule has 1 fully saturated rings. The van der Waals surface area contributed by atoms with E-state index in [1.807, 2.05) is 40.1 Å². The Bertz CT molecular complexity index is 1150. The number of aryl methyl sites for hydroxylation is 1. The molecule has 1 saturated carbocycles. The van der Waals surface area contributed by atoms with Crippen LogP contribution in [-0.4, -0.2) is 40.7 Å². The molecule has 3 aromatic rings. The van der Waals surface area contributed by atoms with E-state index in [1.54, 1.807) is 11.3 Å². The second-order valence-electron chi connectivity index (χ2n) is 9.52. The summed E-state index contributed by atoms with van der Waals surface area (Å²) >= 11 is 1.78. The van der Waals surface area contributed by atoms with Gasteiger partial charge in [0.05, 0.1) is 12.0 Å². The van der Waals surface area contributed by atoms with E-state index < -0.39 is 0 Å². The number of benzene rings is 2. The number of fused-ring (bicyclic) bond motifs is 1. The average molecular weight is 473 g/mol. The summed E-state index contributed by atoms with van der Waals surface area (Å²) in [5.74, 6) is -0.0671. The molecule has 4 nitrogen and oxygen atoms in total. The highest BCUT2D eigenvalue weighted by atomic mass is 32.1. The van der Waals surface area contributed by atoms with Crippen LogP contribution < -0.4 is 0 Å². The Morgan fingerprint density at radius 2 is 1.79 bits per heavy atom. The molecule has 0 N–H and O–H groups in total. The smallest absolute Gasteiger partial charge is 0.243 e. The van der Waals surface area contributed by atoms with Gasteiger partial charge in [0.2, 0.25) is 11.8 Å². The lowest BCUT2D eigenvalue weighted by atomic mass is 9.92. The van der Waals surface area contributed by atoms with Crippen LogP contribution in [0.25, 0.3) is 0 Å². The van der Waals surface area contributed by atoms with Gasteiger partial charge in [0.1, 0.15) is 6.54 Å². The van der Waals surface area contributed by atoms with E-state index in [9.17, 15) is 9.59 Å². The lowest BCUT2D eigenvalue weighted by Crippen LogP contribution is -2.48. The van der Waals surface area contributed by atoms with Gasteiger partial charge in [-0.25, -0.2) is 0 Å². The summed E-state index contributed by atoms with van der Waals surface area (Å²) in [6.45, 7) is 4.99. The van der Waals surface area contributed by atoms with Crippen molar-refractivity contribution in [2.45, 2.75) is 57.5 Å². The van der Waals surface area contributed by atoms with Crippen LogP contribution in [0, 0.1) is 6.92 Å². The highest BCUT2D eigenvalue weighted by Crippen LogP contribution is 2.39. The van der Waals surface area contributed by atoms with Gasteiger partial charge in [-0.05, 0) is 60.7 Å². The maximum absolute atomic E-state index is 13.8. The van der Waals surface area contributed by atoms with Gasteiger partial charge in [-0.1, -0.05) is 67.1 Å². The first kappa shape index (κ1) is 22.9. The molecular weight excluding hydrogens is 440 g/mol. The number of rotatable bonds is 7. The highest BCUT2D eigenvalue weighted by molar-refractivity contribution is 7.10. The van der Waals surface area contributed by atoms with Crippen molar-refractivity contribution in [1.82, 2.24) is 9.80 Å². The van der Waals surface area contributed by atoms with E-state index in [0.717, 1.165) is 36.8 Å². The molecule has 0 radical (unpaired) electrons. The molecule has 34 heavy (non-hydrogen) atoms. The van der Waals surface area contributed by atoms with Gasteiger partial charge in [-0.3, -0.25) is 9.59 Å². The van der Waals surface area contributed by atoms with Gasteiger partial charge in [-0.2, -0.15) is 0 Å². The average Bonchev–Trinajstić information content (AvgIpc) is 3.59. The van der Waals surface area contributed by atoms with Gasteiger partial charge >= 0.3 is 0 Å². The molecule has 2 amide bonds. The van der Waals surface area contributed by atoms with E-state index in [2.05, 4.69) is 49.6 Å². The first-order valence-electron chi connectivity index (χ1n) is 12.3. The third kappa shape index (κ3) is 4.54.